The molecule has 1 N–H and O–H groups in total. The number of nitrogens with zero attached hydrogens (tertiary/aromatic N) is 2. The highest BCUT2D eigenvalue weighted by molar-refractivity contribution is 9.10. The van der Waals surface area contributed by atoms with E-state index >= 15 is 0 Å². The second-order valence-electron chi connectivity index (χ2n) is 2.77. The fourth-order valence-corrected chi connectivity index (χ4v) is 1.40. The maximum atomic E-state index is 12.6. The zero-order valence-electron chi connectivity index (χ0n) is 7.58. The molecule has 0 aromatic carbocycles. The Morgan fingerprint density at radius 3 is 2.93 bits per heavy atom. The maximum absolute atomic E-state index is 12.6. The summed E-state index contributed by atoms with van der Waals surface area (Å²) < 4.78 is 18.5. The van der Waals surface area contributed by atoms with Crippen LogP contribution in [-0.4, -0.2) is 9.97 Å². The van der Waals surface area contributed by atoms with Crippen LogP contribution in [0.25, 0.3) is 0 Å². The highest BCUT2D eigenvalue weighted by atomic mass is 79.9. The summed E-state index contributed by atoms with van der Waals surface area (Å²) in [4.78, 5) is 6.90. The first-order valence-electron chi connectivity index (χ1n) is 4.21. The normalized spacial score (nSPS) is 10.3. The molecule has 78 valence electrons. The van der Waals surface area contributed by atoms with Gasteiger partial charge in [0.2, 0.25) is 0 Å². The molecule has 2 aromatic heterocycles. The highest BCUT2D eigenvalue weighted by Crippen LogP contribution is 2.14. The monoisotopic (exact) mass is 271 g/mol. The minimum Gasteiger partial charge on any atom is -0.452 e. The van der Waals surface area contributed by atoms with Gasteiger partial charge in [0.15, 0.2) is 4.67 Å². The van der Waals surface area contributed by atoms with Gasteiger partial charge in [-0.1, -0.05) is 0 Å². The number of aromatic nitrogens is 2. The van der Waals surface area contributed by atoms with Gasteiger partial charge in [0, 0.05) is 6.20 Å². The van der Waals surface area contributed by atoms with Crippen molar-refractivity contribution in [2.45, 2.75) is 6.54 Å². The molecule has 0 spiro atoms. The first-order valence-corrected chi connectivity index (χ1v) is 5.00. The second kappa shape index (κ2) is 4.39. The van der Waals surface area contributed by atoms with Gasteiger partial charge in [-0.2, -0.15) is 9.37 Å². The fraction of sp³-hybridized carbons (Fsp3) is 0.111. The van der Waals surface area contributed by atoms with Gasteiger partial charge >= 0.3 is 6.08 Å². The molecule has 0 fully saturated rings. The Kier molecular flexibility index (Phi) is 2.96. The van der Waals surface area contributed by atoms with Gasteiger partial charge in [-0.3, -0.25) is 0 Å². The number of hydrogen-bond acceptors (Lipinski definition) is 4. The van der Waals surface area contributed by atoms with Gasteiger partial charge in [0.05, 0.1) is 6.54 Å². The molecule has 0 atom stereocenters. The van der Waals surface area contributed by atoms with E-state index in [1.807, 2.05) is 6.07 Å². The summed E-state index contributed by atoms with van der Waals surface area (Å²) in [6.45, 7) is 0.446. The van der Waals surface area contributed by atoms with Crippen LogP contribution in [0.2, 0.25) is 0 Å². The average molecular weight is 272 g/mol. The predicted octanol–water partition coefficient (Wildman–Crippen LogP) is 2.58. The average Bonchev–Trinajstić information content (AvgIpc) is 2.62. The minimum atomic E-state index is -0.749. The van der Waals surface area contributed by atoms with E-state index in [2.05, 4.69) is 31.2 Å². The zero-order chi connectivity index (χ0) is 10.7. The lowest BCUT2D eigenvalue weighted by molar-refractivity contribution is 0.494. The van der Waals surface area contributed by atoms with Gasteiger partial charge in [0.1, 0.15) is 11.6 Å². The molecule has 0 unspecified atom stereocenters. The molecule has 0 amide bonds. The molecule has 4 nitrogen and oxygen atoms in total. The summed E-state index contributed by atoms with van der Waals surface area (Å²) in [6.07, 6.45) is 0.600. The molecule has 15 heavy (non-hydrogen) atoms. The molecule has 6 heteroatoms. The first-order chi connectivity index (χ1) is 7.24. The van der Waals surface area contributed by atoms with E-state index in [1.54, 1.807) is 12.1 Å². The van der Waals surface area contributed by atoms with Gasteiger partial charge in [-0.15, -0.1) is 0 Å². The molecule has 0 radical (unpaired) electrons. The van der Waals surface area contributed by atoms with E-state index in [9.17, 15) is 4.39 Å². The number of nitrogens with one attached hydrogen (secondary N) is 1. The SMILES string of the molecule is Fc1nccc(NCc2ccc(Br)o2)n1. The molecule has 2 aromatic rings. The first kappa shape index (κ1) is 10.1. The van der Waals surface area contributed by atoms with Crippen molar-refractivity contribution in [2.75, 3.05) is 5.32 Å². The Morgan fingerprint density at radius 1 is 1.40 bits per heavy atom. The van der Waals surface area contributed by atoms with Crippen LogP contribution in [0.3, 0.4) is 0 Å². The van der Waals surface area contributed by atoms with Crippen LogP contribution in [0, 0.1) is 6.08 Å². The van der Waals surface area contributed by atoms with Crippen molar-refractivity contribution in [3.05, 3.63) is 40.9 Å². The standard InChI is InChI=1S/C9H7BrFN3O/c10-7-2-1-6(15-7)5-13-8-3-4-12-9(11)14-8/h1-4H,5H2,(H,12,13,14). The number of furan rings is 1. The molecule has 2 heterocycles. The molecule has 2 rings (SSSR count). The van der Waals surface area contributed by atoms with E-state index in [1.165, 1.54) is 6.20 Å². The van der Waals surface area contributed by atoms with Crippen molar-refractivity contribution < 1.29 is 8.81 Å². The second-order valence-corrected chi connectivity index (χ2v) is 3.55. The third-order valence-corrected chi connectivity index (χ3v) is 2.12. The fourth-order valence-electron chi connectivity index (χ4n) is 1.06. The molecule has 0 aliphatic heterocycles. The van der Waals surface area contributed by atoms with Crippen LogP contribution in [-0.2, 0) is 6.54 Å². The van der Waals surface area contributed by atoms with Crippen LogP contribution in [0.4, 0.5) is 10.2 Å². The Labute approximate surface area is 93.7 Å². The van der Waals surface area contributed by atoms with Crippen LogP contribution >= 0.6 is 15.9 Å². The lowest BCUT2D eigenvalue weighted by Crippen LogP contribution is -2.01. The Bertz CT molecular complexity index is 460. The number of hydrogen-bond donors (Lipinski definition) is 1. The zero-order valence-corrected chi connectivity index (χ0v) is 9.16. The Balaban J connectivity index is 1.99. The lowest BCUT2D eigenvalue weighted by atomic mass is 10.4. The number of halogens is 2. The van der Waals surface area contributed by atoms with E-state index in [0.29, 0.717) is 17.0 Å². The van der Waals surface area contributed by atoms with Gasteiger partial charge in [0.25, 0.3) is 0 Å². The van der Waals surface area contributed by atoms with Crippen molar-refractivity contribution in [1.29, 1.82) is 0 Å². The summed E-state index contributed by atoms with van der Waals surface area (Å²) >= 11 is 3.19. The van der Waals surface area contributed by atoms with Gasteiger partial charge in [-0.05, 0) is 34.1 Å². The van der Waals surface area contributed by atoms with E-state index in [0.717, 1.165) is 5.76 Å². The topological polar surface area (TPSA) is 51.0 Å². The molecule has 0 saturated carbocycles. The molecule has 0 saturated heterocycles. The van der Waals surface area contributed by atoms with Gasteiger partial charge in [-0.25, -0.2) is 4.98 Å². The summed E-state index contributed by atoms with van der Waals surface area (Å²) in [6, 6.07) is 5.19. The predicted molar refractivity (Wildman–Crippen MR) is 55.7 cm³/mol. The van der Waals surface area contributed by atoms with Crippen molar-refractivity contribution >= 4 is 21.7 Å². The summed E-state index contributed by atoms with van der Waals surface area (Å²) in [7, 11) is 0. The smallest absolute Gasteiger partial charge is 0.310 e. The van der Waals surface area contributed by atoms with Crippen LogP contribution in [0.5, 0.6) is 0 Å². The molecular weight excluding hydrogens is 265 g/mol. The van der Waals surface area contributed by atoms with E-state index in [4.69, 9.17) is 4.42 Å². The molecular formula is C9H7BrFN3O. The van der Waals surface area contributed by atoms with Crippen molar-refractivity contribution in [3.8, 4) is 0 Å². The molecule has 0 aliphatic carbocycles. The Hall–Kier alpha value is -1.43. The minimum absolute atomic E-state index is 0.426. The van der Waals surface area contributed by atoms with E-state index < -0.39 is 6.08 Å². The number of anilines is 1. The van der Waals surface area contributed by atoms with Gasteiger partial charge < -0.3 is 9.73 Å². The molecule has 0 aliphatic rings. The quantitative estimate of drug-likeness (QED) is 0.872. The van der Waals surface area contributed by atoms with Crippen LogP contribution in [0.1, 0.15) is 5.76 Å². The van der Waals surface area contributed by atoms with Crippen LogP contribution in [0.15, 0.2) is 33.5 Å². The largest absolute Gasteiger partial charge is 0.452 e. The summed E-state index contributed by atoms with van der Waals surface area (Å²) in [5.41, 5.74) is 0. The molecule has 0 bridgehead atoms. The highest BCUT2D eigenvalue weighted by Gasteiger charge is 2.01. The van der Waals surface area contributed by atoms with Crippen molar-refractivity contribution in [2.24, 2.45) is 0 Å². The van der Waals surface area contributed by atoms with Crippen molar-refractivity contribution in [3.63, 3.8) is 0 Å². The summed E-state index contributed by atoms with van der Waals surface area (Å²) in [5, 5.41) is 2.91. The van der Waals surface area contributed by atoms with E-state index in [-0.39, 0.29) is 0 Å². The van der Waals surface area contributed by atoms with Crippen molar-refractivity contribution in [1.82, 2.24) is 9.97 Å². The Morgan fingerprint density at radius 2 is 2.27 bits per heavy atom. The maximum Gasteiger partial charge on any atom is 0.310 e. The van der Waals surface area contributed by atoms with Crippen LogP contribution < -0.4 is 5.32 Å². The third kappa shape index (κ3) is 2.76. The number of rotatable bonds is 3. The summed E-state index contributed by atoms with van der Waals surface area (Å²) in [5.74, 6) is 1.16. The third-order valence-electron chi connectivity index (χ3n) is 1.70. The lowest BCUT2D eigenvalue weighted by Gasteiger charge is -2.01.